The van der Waals surface area contributed by atoms with E-state index in [1.54, 1.807) is 54.4 Å². The molecular weight excluding hydrogens is 256 g/mol. The van der Waals surface area contributed by atoms with E-state index in [-0.39, 0.29) is 5.75 Å². The van der Waals surface area contributed by atoms with Crippen molar-refractivity contribution < 1.29 is 9.95 Å². The number of phenolic OH excluding ortho intramolecular Hbond substituents is 1. The number of hydrogen-bond acceptors (Lipinski definition) is 5. The number of hydrogen-bond donors (Lipinski definition) is 1. The Bertz CT molecular complexity index is 759. The van der Waals surface area contributed by atoms with E-state index < -0.39 is 0 Å². The van der Waals surface area contributed by atoms with Crippen LogP contribution in [0.3, 0.4) is 0 Å². The highest BCUT2D eigenvalue weighted by atomic mass is 16.5. The molecule has 0 radical (unpaired) electrons. The Balaban J connectivity index is 2.07. The third-order valence-corrected chi connectivity index (χ3v) is 3.03. The van der Waals surface area contributed by atoms with Gasteiger partial charge in [0.15, 0.2) is 0 Å². The van der Waals surface area contributed by atoms with Crippen molar-refractivity contribution in [3.8, 4) is 5.75 Å². The Kier molecular flexibility index (Phi) is 2.83. The van der Waals surface area contributed by atoms with Gasteiger partial charge in [0, 0.05) is 18.8 Å². The number of aromatic nitrogens is 3. The minimum Gasteiger partial charge on any atom is -0.594 e. The number of benzene rings is 2. The summed E-state index contributed by atoms with van der Waals surface area (Å²) < 4.78 is 0. The van der Waals surface area contributed by atoms with Crippen LogP contribution in [0.2, 0.25) is 0 Å². The van der Waals surface area contributed by atoms with Crippen molar-refractivity contribution in [3.63, 3.8) is 0 Å². The number of rotatable bonds is 2. The average Bonchev–Trinajstić information content (AvgIpc) is 2.47. The highest BCUT2D eigenvalue weighted by Crippen LogP contribution is 2.22. The van der Waals surface area contributed by atoms with Crippen LogP contribution >= 0.6 is 0 Å². The van der Waals surface area contributed by atoms with Crippen molar-refractivity contribution >= 4 is 22.7 Å². The molecule has 0 saturated carbocycles. The quantitative estimate of drug-likeness (QED) is 0.566. The van der Waals surface area contributed by atoms with Crippen LogP contribution in [0.1, 0.15) is 0 Å². The van der Waals surface area contributed by atoms with Gasteiger partial charge in [0.1, 0.15) is 11.3 Å². The summed E-state index contributed by atoms with van der Waals surface area (Å²) in [6, 6.07) is 13.6. The highest BCUT2D eigenvalue weighted by Gasteiger charge is 2.14. The van der Waals surface area contributed by atoms with Crippen molar-refractivity contribution in [2.45, 2.75) is 0 Å². The van der Waals surface area contributed by atoms with E-state index in [1.165, 1.54) is 0 Å². The summed E-state index contributed by atoms with van der Waals surface area (Å²) in [4.78, 5) is 6.61. The molecule has 0 spiro atoms. The maximum atomic E-state index is 11.9. The number of aromatic hydroxyl groups is 1. The Labute approximate surface area is 115 Å². The van der Waals surface area contributed by atoms with Crippen molar-refractivity contribution in [1.29, 1.82) is 0 Å². The normalized spacial score (nSPS) is 10.7. The van der Waals surface area contributed by atoms with E-state index >= 15 is 0 Å². The van der Waals surface area contributed by atoms with Gasteiger partial charge in [-0.3, -0.25) is 0 Å². The molecule has 3 aromatic rings. The molecule has 6 nitrogen and oxygen atoms in total. The first-order valence-corrected chi connectivity index (χ1v) is 6.04. The van der Waals surface area contributed by atoms with Crippen molar-refractivity contribution in [2.24, 2.45) is 0 Å². The minimum atomic E-state index is 0.181. The molecule has 0 amide bonds. The van der Waals surface area contributed by atoms with Gasteiger partial charge >= 0.3 is 0 Å². The lowest BCUT2D eigenvalue weighted by Gasteiger charge is -2.16. The van der Waals surface area contributed by atoms with Gasteiger partial charge in [0.2, 0.25) is 0 Å². The second kappa shape index (κ2) is 4.65. The average molecular weight is 268 g/mol. The van der Waals surface area contributed by atoms with Crippen LogP contribution in [0, 0.1) is 5.21 Å². The minimum absolute atomic E-state index is 0.181. The molecule has 100 valence electrons. The first-order chi connectivity index (χ1) is 9.65. The summed E-state index contributed by atoms with van der Waals surface area (Å²) in [5.74, 6) is 0.477. The summed E-state index contributed by atoms with van der Waals surface area (Å²) >= 11 is 0. The lowest BCUT2D eigenvalue weighted by molar-refractivity contribution is -0.641. The molecule has 0 unspecified atom stereocenters. The van der Waals surface area contributed by atoms with Crippen LogP contribution in [0.25, 0.3) is 11.0 Å². The predicted molar refractivity (Wildman–Crippen MR) is 74.7 cm³/mol. The second-order valence-corrected chi connectivity index (χ2v) is 4.35. The number of anilines is 2. The molecule has 0 saturated heterocycles. The zero-order chi connectivity index (χ0) is 14.1. The molecule has 0 atom stereocenters. The zero-order valence-electron chi connectivity index (χ0n) is 10.8. The summed E-state index contributed by atoms with van der Waals surface area (Å²) in [5.41, 5.74) is 1.78. The van der Waals surface area contributed by atoms with Gasteiger partial charge in [-0.25, -0.2) is 4.98 Å². The van der Waals surface area contributed by atoms with Crippen LogP contribution in [0.5, 0.6) is 5.75 Å². The maximum Gasteiger partial charge on any atom is 0.297 e. The molecule has 0 aliphatic heterocycles. The monoisotopic (exact) mass is 268 g/mol. The first kappa shape index (κ1) is 12.2. The number of nitrogens with zero attached hydrogens (tertiary/aromatic N) is 4. The van der Waals surface area contributed by atoms with Crippen molar-refractivity contribution in [3.05, 3.63) is 53.7 Å². The largest absolute Gasteiger partial charge is 0.594 e. The maximum absolute atomic E-state index is 11.9. The smallest absolute Gasteiger partial charge is 0.297 e. The van der Waals surface area contributed by atoms with Gasteiger partial charge in [0.25, 0.3) is 11.5 Å². The molecular formula is C14H12N4O2. The summed E-state index contributed by atoms with van der Waals surface area (Å²) in [7, 11) is 1.76. The van der Waals surface area contributed by atoms with Gasteiger partial charge < -0.3 is 15.2 Å². The third kappa shape index (κ3) is 2.07. The second-order valence-electron chi connectivity index (χ2n) is 4.35. The van der Waals surface area contributed by atoms with Gasteiger partial charge in [-0.1, -0.05) is 12.1 Å². The molecule has 6 heteroatoms. The fraction of sp³-hybridized carbons (Fsp3) is 0.0714. The van der Waals surface area contributed by atoms with Gasteiger partial charge in [-0.05, 0) is 35.2 Å². The fourth-order valence-corrected chi connectivity index (χ4v) is 1.92. The molecule has 1 heterocycles. The molecule has 0 aliphatic carbocycles. The Morgan fingerprint density at radius 1 is 1.10 bits per heavy atom. The molecule has 0 bridgehead atoms. The molecule has 1 aromatic heterocycles. The van der Waals surface area contributed by atoms with E-state index in [1.807, 2.05) is 6.07 Å². The Morgan fingerprint density at radius 3 is 2.55 bits per heavy atom. The van der Waals surface area contributed by atoms with Crippen LogP contribution in [-0.2, 0) is 0 Å². The number of para-hydroxylation sites is 2. The topological polar surface area (TPSA) is 76.2 Å². The van der Waals surface area contributed by atoms with E-state index in [9.17, 15) is 10.3 Å². The van der Waals surface area contributed by atoms with Crippen molar-refractivity contribution in [2.75, 3.05) is 11.9 Å². The first-order valence-electron chi connectivity index (χ1n) is 6.04. The van der Waals surface area contributed by atoms with Gasteiger partial charge in [-0.15, -0.1) is 0 Å². The molecule has 0 fully saturated rings. The van der Waals surface area contributed by atoms with E-state index in [0.29, 0.717) is 21.8 Å². The van der Waals surface area contributed by atoms with Crippen molar-refractivity contribution in [1.82, 2.24) is 10.1 Å². The van der Waals surface area contributed by atoms with Gasteiger partial charge in [-0.2, -0.15) is 0 Å². The molecule has 2 aromatic carbocycles. The Morgan fingerprint density at radius 2 is 1.80 bits per heavy atom. The Hall–Kier alpha value is -2.89. The molecule has 3 rings (SSSR count). The molecule has 20 heavy (non-hydrogen) atoms. The predicted octanol–water partition coefficient (Wildman–Crippen LogP) is 1.74. The number of fused-ring (bicyclic) bond motifs is 1. The van der Waals surface area contributed by atoms with E-state index in [2.05, 4.69) is 10.1 Å². The SMILES string of the molecule is CN(c1ccc(O)cc1)c1nc2ccccc2[n+]([O-])n1. The molecule has 0 aliphatic rings. The van der Waals surface area contributed by atoms with Gasteiger partial charge in [0.05, 0.1) is 5.10 Å². The zero-order valence-corrected chi connectivity index (χ0v) is 10.8. The van der Waals surface area contributed by atoms with Crippen LogP contribution in [0.4, 0.5) is 11.6 Å². The van der Waals surface area contributed by atoms with Crippen LogP contribution in [-0.4, -0.2) is 22.2 Å². The molecule has 1 N–H and O–H groups in total. The summed E-state index contributed by atoms with van der Waals surface area (Å²) in [6.45, 7) is 0. The lowest BCUT2D eigenvalue weighted by Crippen LogP contribution is -2.34. The highest BCUT2D eigenvalue weighted by molar-refractivity contribution is 5.72. The standard InChI is InChI=1S/C14H12N4O2/c1-17(10-6-8-11(19)9-7-10)14-15-12-4-2-3-5-13(12)18(20)16-14/h2-9,19H,1H3. The fourth-order valence-electron chi connectivity index (χ4n) is 1.92. The third-order valence-electron chi connectivity index (χ3n) is 3.03. The number of phenols is 1. The summed E-state index contributed by atoms with van der Waals surface area (Å²) in [5, 5.41) is 25.1. The summed E-state index contributed by atoms with van der Waals surface area (Å²) in [6.07, 6.45) is 0. The van der Waals surface area contributed by atoms with E-state index in [0.717, 1.165) is 5.69 Å². The van der Waals surface area contributed by atoms with Crippen LogP contribution < -0.4 is 9.75 Å². The van der Waals surface area contributed by atoms with Crippen LogP contribution in [0.15, 0.2) is 48.5 Å². The van der Waals surface area contributed by atoms with E-state index in [4.69, 9.17) is 0 Å². The lowest BCUT2D eigenvalue weighted by atomic mass is 10.3.